The fraction of sp³-hybridized carbons (Fsp3) is 0.417. The lowest BCUT2D eigenvalue weighted by atomic mass is 10.1. The van der Waals surface area contributed by atoms with Gasteiger partial charge in [-0.05, 0) is 31.4 Å². The average Bonchev–Trinajstić information content (AvgIpc) is 2.76. The zero-order chi connectivity index (χ0) is 11.9. The van der Waals surface area contributed by atoms with Crippen LogP contribution in [0.5, 0.6) is 0 Å². The van der Waals surface area contributed by atoms with E-state index in [1.165, 1.54) is 24.8 Å². The number of hydrazone groups is 1. The van der Waals surface area contributed by atoms with Crippen LogP contribution in [0.3, 0.4) is 0 Å². The summed E-state index contributed by atoms with van der Waals surface area (Å²) in [6.07, 6.45) is 3.61. The summed E-state index contributed by atoms with van der Waals surface area (Å²) < 4.78 is 1.93. The third kappa shape index (κ3) is 4.48. The fourth-order valence-electron chi connectivity index (χ4n) is 1.69. The Morgan fingerprint density at radius 1 is 1.29 bits per heavy atom. The molecule has 1 N–H and O–H groups in total. The topological polar surface area (TPSA) is 27.6 Å². The zero-order valence-electron chi connectivity index (χ0n) is 9.55. The molecule has 0 saturated carbocycles. The van der Waals surface area contributed by atoms with Gasteiger partial charge < -0.3 is 0 Å². The van der Waals surface area contributed by atoms with Gasteiger partial charge in [0.15, 0.2) is 5.50 Å². The third-order valence-electron chi connectivity index (χ3n) is 2.59. The zero-order valence-corrected chi connectivity index (χ0v) is 12.5. The van der Waals surface area contributed by atoms with Crippen molar-refractivity contribution < 1.29 is 0 Å². The van der Waals surface area contributed by atoms with Gasteiger partial charge >= 0.3 is 0 Å². The molecule has 1 heterocycles. The van der Waals surface area contributed by atoms with Crippen molar-refractivity contribution in [2.75, 3.05) is 6.54 Å². The lowest BCUT2D eigenvalue weighted by Crippen LogP contribution is -2.33. The highest BCUT2D eigenvalue weighted by Crippen LogP contribution is 2.21. The van der Waals surface area contributed by atoms with Crippen LogP contribution in [-0.4, -0.2) is 20.8 Å². The molecule has 2 rings (SSSR count). The minimum absolute atomic E-state index is 0.312. The summed E-state index contributed by atoms with van der Waals surface area (Å²) in [7, 11) is 0. The molecule has 1 atom stereocenters. The third-order valence-corrected chi connectivity index (χ3v) is 4.62. The molecule has 92 valence electrons. The highest BCUT2D eigenvalue weighted by Gasteiger charge is 2.17. The molecular weight excluding hydrogens is 345 g/mol. The molecule has 1 unspecified atom stereocenters. The Morgan fingerprint density at radius 3 is 2.82 bits per heavy atom. The number of unbranched alkanes of at least 4 members (excludes halogenated alkanes) is 1. The Labute approximate surface area is 121 Å². The normalized spacial score (nSPS) is 18.9. The van der Waals surface area contributed by atoms with Gasteiger partial charge in [0, 0.05) is 0 Å². The summed E-state index contributed by atoms with van der Waals surface area (Å²) in [6, 6.07) is 10.7. The van der Waals surface area contributed by atoms with Crippen LogP contribution in [0.15, 0.2) is 35.4 Å². The first-order valence-corrected chi connectivity index (χ1v) is 7.67. The van der Waals surface area contributed by atoms with Crippen molar-refractivity contribution in [3.05, 3.63) is 35.9 Å². The second kappa shape index (κ2) is 7.23. The first kappa shape index (κ1) is 13.2. The molecule has 3 nitrogen and oxygen atoms in total. The SMILES string of the molecule is IN1N=CSC1NCCCCc1ccccc1. The van der Waals surface area contributed by atoms with Gasteiger partial charge in [0.1, 0.15) is 0 Å². The van der Waals surface area contributed by atoms with E-state index in [0.717, 1.165) is 6.54 Å². The monoisotopic (exact) mass is 361 g/mol. The summed E-state index contributed by atoms with van der Waals surface area (Å²) in [5, 5.41) is 7.63. The second-order valence-electron chi connectivity index (χ2n) is 3.89. The maximum Gasteiger partial charge on any atom is 0.159 e. The van der Waals surface area contributed by atoms with E-state index in [-0.39, 0.29) is 0 Å². The van der Waals surface area contributed by atoms with Crippen molar-refractivity contribution in [1.82, 2.24) is 8.54 Å². The van der Waals surface area contributed by atoms with Crippen molar-refractivity contribution >= 4 is 40.2 Å². The molecule has 17 heavy (non-hydrogen) atoms. The number of benzene rings is 1. The van der Waals surface area contributed by atoms with Gasteiger partial charge in [0.2, 0.25) is 0 Å². The summed E-state index contributed by atoms with van der Waals surface area (Å²) in [4.78, 5) is 0. The minimum atomic E-state index is 0.312. The molecule has 1 aromatic carbocycles. The van der Waals surface area contributed by atoms with Crippen LogP contribution in [0.2, 0.25) is 0 Å². The molecular formula is C12H16IN3S. The van der Waals surface area contributed by atoms with Gasteiger partial charge in [-0.1, -0.05) is 42.1 Å². The molecule has 1 aromatic rings. The van der Waals surface area contributed by atoms with E-state index in [4.69, 9.17) is 0 Å². The van der Waals surface area contributed by atoms with Crippen molar-refractivity contribution in [1.29, 1.82) is 0 Å². The molecule has 0 fully saturated rings. The Morgan fingerprint density at radius 2 is 2.12 bits per heavy atom. The average molecular weight is 361 g/mol. The quantitative estimate of drug-likeness (QED) is 0.479. The van der Waals surface area contributed by atoms with Gasteiger partial charge in [0.05, 0.1) is 28.4 Å². The van der Waals surface area contributed by atoms with E-state index in [0.29, 0.717) is 5.50 Å². The summed E-state index contributed by atoms with van der Waals surface area (Å²) in [5.41, 5.74) is 3.63. The number of hydrogen-bond donors (Lipinski definition) is 1. The number of halogens is 1. The van der Waals surface area contributed by atoms with Gasteiger partial charge in [-0.3, -0.25) is 5.32 Å². The maximum atomic E-state index is 4.16. The molecule has 0 saturated heterocycles. The van der Waals surface area contributed by atoms with Gasteiger partial charge in [-0.2, -0.15) is 5.10 Å². The molecule has 0 spiro atoms. The molecule has 0 amide bonds. The first-order valence-electron chi connectivity index (χ1n) is 5.76. The van der Waals surface area contributed by atoms with Crippen LogP contribution in [0.1, 0.15) is 18.4 Å². The molecule has 0 bridgehead atoms. The van der Waals surface area contributed by atoms with Crippen LogP contribution >= 0.6 is 34.6 Å². The van der Waals surface area contributed by atoms with Gasteiger partial charge in [0.25, 0.3) is 0 Å². The number of nitrogens with zero attached hydrogens (tertiary/aromatic N) is 2. The predicted molar refractivity (Wildman–Crippen MR) is 83.1 cm³/mol. The first-order chi connectivity index (χ1) is 8.36. The largest absolute Gasteiger partial charge is 0.286 e. The van der Waals surface area contributed by atoms with E-state index < -0.39 is 0 Å². The van der Waals surface area contributed by atoms with Crippen molar-refractivity contribution in [2.24, 2.45) is 5.10 Å². The van der Waals surface area contributed by atoms with Gasteiger partial charge in [-0.15, -0.1) is 0 Å². The second-order valence-corrected chi connectivity index (χ2v) is 5.81. The molecule has 1 aliphatic heterocycles. The molecule has 0 aromatic heterocycles. The Balaban J connectivity index is 1.55. The van der Waals surface area contributed by atoms with E-state index in [9.17, 15) is 0 Å². The van der Waals surface area contributed by atoms with Crippen LogP contribution in [-0.2, 0) is 6.42 Å². The lowest BCUT2D eigenvalue weighted by Gasteiger charge is -2.16. The molecule has 1 aliphatic rings. The van der Waals surface area contributed by atoms with Crippen molar-refractivity contribution in [3.8, 4) is 0 Å². The van der Waals surface area contributed by atoms with Crippen LogP contribution in [0.4, 0.5) is 0 Å². The van der Waals surface area contributed by atoms with E-state index >= 15 is 0 Å². The molecule has 5 heteroatoms. The van der Waals surface area contributed by atoms with Crippen molar-refractivity contribution in [2.45, 2.75) is 24.8 Å². The molecule has 0 aliphatic carbocycles. The number of rotatable bonds is 6. The van der Waals surface area contributed by atoms with E-state index in [2.05, 4.69) is 63.6 Å². The predicted octanol–water partition coefficient (Wildman–Crippen LogP) is 3.22. The highest BCUT2D eigenvalue weighted by atomic mass is 127. The lowest BCUT2D eigenvalue weighted by molar-refractivity contribution is 0.443. The van der Waals surface area contributed by atoms with Crippen molar-refractivity contribution in [3.63, 3.8) is 0 Å². The standard InChI is InChI=1S/C12H16IN3S/c13-16-12(17-10-15-16)14-9-5-4-8-11-6-2-1-3-7-11/h1-3,6-7,10,12,14H,4-5,8-9H2. The minimum Gasteiger partial charge on any atom is -0.286 e. The number of nitrogens with one attached hydrogen (secondary N) is 1. The van der Waals surface area contributed by atoms with Gasteiger partial charge in [-0.25, -0.2) is 3.22 Å². The van der Waals surface area contributed by atoms with Crippen LogP contribution < -0.4 is 5.32 Å². The van der Waals surface area contributed by atoms with E-state index in [1.54, 1.807) is 11.8 Å². The maximum absolute atomic E-state index is 4.16. The Bertz CT molecular complexity index is 358. The summed E-state index contributed by atoms with van der Waals surface area (Å²) in [5.74, 6) is 0. The summed E-state index contributed by atoms with van der Waals surface area (Å²) in [6.45, 7) is 1.05. The van der Waals surface area contributed by atoms with Crippen LogP contribution in [0.25, 0.3) is 0 Å². The van der Waals surface area contributed by atoms with Crippen LogP contribution in [0, 0.1) is 0 Å². The number of thioether (sulfide) groups is 1. The Hall–Kier alpha value is -0.270. The highest BCUT2D eigenvalue weighted by molar-refractivity contribution is 14.1. The van der Waals surface area contributed by atoms with E-state index in [1.807, 2.05) is 8.77 Å². The molecule has 0 radical (unpaired) electrons. The summed E-state index contributed by atoms with van der Waals surface area (Å²) >= 11 is 3.94. The number of aryl methyl sites for hydroxylation is 1. The Kier molecular flexibility index (Phi) is 5.60. The smallest absolute Gasteiger partial charge is 0.159 e. The number of hydrogen-bond acceptors (Lipinski definition) is 4. The fourth-order valence-corrected chi connectivity index (χ4v) is 3.21.